The Hall–Kier alpha value is -2.68. The summed E-state index contributed by atoms with van der Waals surface area (Å²) in [6.07, 6.45) is 1.77. The van der Waals surface area contributed by atoms with E-state index in [2.05, 4.69) is 41.4 Å². The van der Waals surface area contributed by atoms with Crippen LogP contribution in [0, 0.1) is 6.07 Å². The molecule has 0 spiro atoms. The van der Waals surface area contributed by atoms with E-state index >= 15 is 0 Å². The van der Waals surface area contributed by atoms with Crippen molar-refractivity contribution < 1.29 is 24.5 Å². The molecule has 0 atom stereocenters. The molecule has 0 fully saturated rings. The van der Waals surface area contributed by atoms with Gasteiger partial charge in [0.15, 0.2) is 5.58 Å². The van der Waals surface area contributed by atoms with Crippen LogP contribution in [0.15, 0.2) is 83.4 Å². The molecule has 0 aliphatic heterocycles. The number of rotatable bonds is 2. The fourth-order valence-corrected chi connectivity index (χ4v) is 3.12. The molecule has 3 aromatic carbocycles. The van der Waals surface area contributed by atoms with Crippen LogP contribution >= 0.6 is 0 Å². The number of nitrogens with zero attached hydrogens (tertiary/aromatic N) is 2. The van der Waals surface area contributed by atoms with Gasteiger partial charge in [0.2, 0.25) is 5.71 Å². The number of fused-ring (bicyclic) bond motifs is 3. The third-order valence-electron chi connectivity index (χ3n) is 4.21. The topological polar surface area (TPSA) is 30.4 Å². The molecule has 0 saturated carbocycles. The first-order valence-electron chi connectivity index (χ1n) is 7.83. The predicted molar refractivity (Wildman–Crippen MR) is 94.7 cm³/mol. The van der Waals surface area contributed by atoms with E-state index in [4.69, 9.17) is 4.42 Å². The minimum Gasteiger partial charge on any atom is -0.437 e. The van der Waals surface area contributed by atoms with Crippen LogP contribution in [0.2, 0.25) is 0 Å². The maximum atomic E-state index is 6.13. The van der Waals surface area contributed by atoms with E-state index in [9.17, 15) is 0 Å². The number of oxazole rings is 1. The molecule has 3 nitrogen and oxygen atoms in total. The Bertz CT molecular complexity index is 1100. The Labute approximate surface area is 158 Å². The van der Waals surface area contributed by atoms with Gasteiger partial charge in [-0.15, -0.1) is 35.9 Å². The second kappa shape index (κ2) is 6.32. The fraction of sp³-hybridized carbons (Fsp3) is 0. The van der Waals surface area contributed by atoms with Gasteiger partial charge in [-0.3, -0.25) is 4.98 Å². The van der Waals surface area contributed by atoms with Gasteiger partial charge in [-0.25, -0.2) is 0 Å². The van der Waals surface area contributed by atoms with Gasteiger partial charge in [0, 0.05) is 25.7 Å². The van der Waals surface area contributed by atoms with Gasteiger partial charge in [-0.05, 0) is 11.6 Å². The summed E-state index contributed by atoms with van der Waals surface area (Å²) < 4.78 is 8.18. The summed E-state index contributed by atoms with van der Waals surface area (Å²) in [4.78, 5) is 4.52. The number of aromatic nitrogens is 2. The van der Waals surface area contributed by atoms with Crippen molar-refractivity contribution in [1.82, 2.24) is 9.38 Å². The molecule has 0 N–H and O–H groups in total. The van der Waals surface area contributed by atoms with Crippen molar-refractivity contribution in [3.05, 3.63) is 85.1 Å². The van der Waals surface area contributed by atoms with E-state index in [1.54, 1.807) is 6.20 Å². The zero-order valence-corrected chi connectivity index (χ0v) is 15.5. The summed E-state index contributed by atoms with van der Waals surface area (Å²) in [5.74, 6) is 0.842. The van der Waals surface area contributed by atoms with E-state index < -0.39 is 0 Å². The monoisotopic (exact) mass is 502 g/mol. The second-order valence-corrected chi connectivity index (χ2v) is 5.65. The summed E-state index contributed by atoms with van der Waals surface area (Å²) in [5, 5.41) is 0. The van der Waals surface area contributed by atoms with Gasteiger partial charge in [-0.1, -0.05) is 42.5 Å². The van der Waals surface area contributed by atoms with E-state index in [0.717, 1.165) is 39.3 Å². The summed E-state index contributed by atoms with van der Waals surface area (Å²) >= 11 is 0. The Morgan fingerprint density at radius 2 is 1.72 bits per heavy atom. The molecule has 2 aromatic heterocycles. The minimum atomic E-state index is 0. The van der Waals surface area contributed by atoms with E-state index in [1.165, 1.54) is 0 Å². The van der Waals surface area contributed by atoms with Crippen LogP contribution in [-0.4, -0.2) is 9.38 Å². The standard InChI is InChI=1S/C21H13N2O.Ir/c1-3-8-15(9-4-1)17-12-7-13-18-20(17)24-19-14-22-21(23(18)19)16-10-5-2-6-11-16;/h1-10,12-14H;/q-1;. The van der Waals surface area contributed by atoms with Crippen LogP contribution in [0.5, 0.6) is 0 Å². The van der Waals surface area contributed by atoms with Crippen molar-refractivity contribution >= 4 is 16.8 Å². The Morgan fingerprint density at radius 1 is 0.880 bits per heavy atom. The fourth-order valence-electron chi connectivity index (χ4n) is 3.12. The first-order valence-corrected chi connectivity index (χ1v) is 7.83. The van der Waals surface area contributed by atoms with Gasteiger partial charge < -0.3 is 8.82 Å². The minimum absolute atomic E-state index is 0. The molecule has 0 amide bonds. The second-order valence-electron chi connectivity index (χ2n) is 5.65. The average molecular weight is 502 g/mol. The number of hydrogen-bond donors (Lipinski definition) is 0. The summed E-state index contributed by atoms with van der Waals surface area (Å²) in [6.45, 7) is 0. The van der Waals surface area contributed by atoms with Crippen molar-refractivity contribution in [3.63, 3.8) is 0 Å². The Morgan fingerprint density at radius 3 is 2.52 bits per heavy atom. The molecule has 123 valence electrons. The van der Waals surface area contributed by atoms with Gasteiger partial charge in [0.1, 0.15) is 0 Å². The van der Waals surface area contributed by atoms with Crippen LogP contribution in [0.4, 0.5) is 0 Å². The first-order chi connectivity index (χ1) is 11.9. The number of para-hydroxylation sites is 1. The molecule has 0 aliphatic rings. The van der Waals surface area contributed by atoms with Crippen molar-refractivity contribution in [2.24, 2.45) is 0 Å². The summed E-state index contributed by atoms with van der Waals surface area (Å²) in [7, 11) is 0. The molecule has 0 unspecified atom stereocenters. The van der Waals surface area contributed by atoms with Gasteiger partial charge in [-0.2, -0.15) is 0 Å². The van der Waals surface area contributed by atoms with Crippen molar-refractivity contribution in [3.8, 4) is 22.5 Å². The Balaban J connectivity index is 0.00000157. The molecule has 5 rings (SSSR count). The van der Waals surface area contributed by atoms with Gasteiger partial charge >= 0.3 is 0 Å². The van der Waals surface area contributed by atoms with Crippen LogP contribution in [-0.2, 0) is 20.1 Å². The maximum absolute atomic E-state index is 6.13. The Kier molecular flexibility index (Phi) is 4.00. The number of imidazole rings is 1. The van der Waals surface area contributed by atoms with Crippen LogP contribution in [0.1, 0.15) is 0 Å². The van der Waals surface area contributed by atoms with Gasteiger partial charge in [0.25, 0.3) is 0 Å². The van der Waals surface area contributed by atoms with Crippen LogP contribution in [0.25, 0.3) is 39.3 Å². The van der Waals surface area contributed by atoms with Crippen molar-refractivity contribution in [2.45, 2.75) is 0 Å². The summed E-state index contributed by atoms with van der Waals surface area (Å²) in [6, 6.07) is 27.6. The zero-order valence-electron chi connectivity index (χ0n) is 13.1. The maximum Gasteiger partial charge on any atom is 0.215 e. The van der Waals surface area contributed by atoms with E-state index in [-0.39, 0.29) is 20.1 Å². The number of benzene rings is 3. The molecule has 4 heteroatoms. The van der Waals surface area contributed by atoms with Crippen molar-refractivity contribution in [1.29, 1.82) is 0 Å². The molecule has 2 heterocycles. The molecular formula is C21H13IrN2O-. The quantitative estimate of drug-likeness (QED) is 0.311. The smallest absolute Gasteiger partial charge is 0.215 e. The van der Waals surface area contributed by atoms with E-state index in [0.29, 0.717) is 0 Å². The third-order valence-corrected chi connectivity index (χ3v) is 4.21. The molecule has 25 heavy (non-hydrogen) atoms. The largest absolute Gasteiger partial charge is 0.437 e. The van der Waals surface area contributed by atoms with Crippen molar-refractivity contribution in [2.75, 3.05) is 0 Å². The molecule has 0 saturated heterocycles. The molecule has 1 radical (unpaired) electrons. The van der Waals surface area contributed by atoms with E-state index in [1.807, 2.05) is 46.9 Å². The number of hydrogen-bond acceptors (Lipinski definition) is 2. The molecular weight excluding hydrogens is 488 g/mol. The normalized spacial score (nSPS) is 10.9. The predicted octanol–water partition coefficient (Wildman–Crippen LogP) is 5.21. The summed E-state index contributed by atoms with van der Waals surface area (Å²) in [5.41, 5.74) is 5.79. The van der Waals surface area contributed by atoms with Crippen LogP contribution in [0.3, 0.4) is 0 Å². The SMILES string of the molecule is [Ir].[c-]1ccccc1-c1ncc2oc3c(-c4ccccc4)cccc3n12. The molecule has 0 bridgehead atoms. The zero-order chi connectivity index (χ0) is 15.9. The first kappa shape index (κ1) is 15.8. The molecule has 5 aromatic rings. The average Bonchev–Trinajstić information content (AvgIpc) is 3.22. The van der Waals surface area contributed by atoms with Gasteiger partial charge in [0.05, 0.1) is 17.5 Å². The van der Waals surface area contributed by atoms with Crippen LogP contribution < -0.4 is 0 Å². The molecule has 0 aliphatic carbocycles. The third kappa shape index (κ3) is 2.51.